The number of furan rings is 1. The summed E-state index contributed by atoms with van der Waals surface area (Å²) in [6.45, 7) is 3.01. The molecule has 1 saturated heterocycles. The van der Waals surface area contributed by atoms with Gasteiger partial charge in [0.2, 0.25) is 0 Å². The van der Waals surface area contributed by atoms with E-state index >= 15 is 0 Å². The van der Waals surface area contributed by atoms with Crippen molar-refractivity contribution in [3.63, 3.8) is 0 Å². The number of hydrogen-bond donors (Lipinski definition) is 0. The van der Waals surface area contributed by atoms with Crippen molar-refractivity contribution in [1.82, 2.24) is 0 Å². The molecule has 0 saturated carbocycles. The van der Waals surface area contributed by atoms with Gasteiger partial charge in [-0.15, -0.1) is 0 Å². The number of fused-ring (bicyclic) bond motifs is 3. The summed E-state index contributed by atoms with van der Waals surface area (Å²) in [5.74, 6) is 0. The Morgan fingerprint density at radius 2 is 1.84 bits per heavy atom. The number of benzene rings is 2. The molecule has 0 spiro atoms. The minimum absolute atomic E-state index is 0.201. The summed E-state index contributed by atoms with van der Waals surface area (Å²) in [6, 6.07) is 14.6. The van der Waals surface area contributed by atoms with Crippen LogP contribution in [0.4, 0.5) is 0 Å². The fourth-order valence-electron chi connectivity index (χ4n) is 3.16. The van der Waals surface area contributed by atoms with Gasteiger partial charge in [-0.3, -0.25) is 0 Å². The van der Waals surface area contributed by atoms with Crippen molar-refractivity contribution in [3.8, 4) is 0 Å². The van der Waals surface area contributed by atoms with Gasteiger partial charge in [-0.05, 0) is 25.8 Å². The molecule has 0 amide bonds. The molecule has 1 unspecified atom stereocenters. The van der Waals surface area contributed by atoms with Crippen molar-refractivity contribution in [2.75, 3.05) is 6.61 Å². The van der Waals surface area contributed by atoms with Crippen LogP contribution < -0.4 is 0 Å². The molecular formula is C17H16O2. The number of rotatable bonds is 1. The zero-order valence-electron chi connectivity index (χ0n) is 11.0. The normalized spacial score (nSPS) is 23.4. The van der Waals surface area contributed by atoms with Crippen molar-refractivity contribution < 1.29 is 9.15 Å². The average Bonchev–Trinajstić information content (AvgIpc) is 3.02. The van der Waals surface area contributed by atoms with Crippen LogP contribution in [-0.4, -0.2) is 6.61 Å². The smallest absolute Gasteiger partial charge is 0.141 e. The van der Waals surface area contributed by atoms with E-state index in [1.165, 1.54) is 16.3 Å². The number of ether oxygens (including phenoxy) is 1. The van der Waals surface area contributed by atoms with Crippen molar-refractivity contribution >= 4 is 21.9 Å². The SMILES string of the molecule is CC1(c2cccc3c2oc2ccccc23)CCCO1. The molecule has 1 aliphatic heterocycles. The first-order chi connectivity index (χ1) is 9.28. The van der Waals surface area contributed by atoms with Crippen molar-refractivity contribution in [2.24, 2.45) is 0 Å². The molecule has 0 bridgehead atoms. The fraction of sp³-hybridized carbons (Fsp3) is 0.294. The highest BCUT2D eigenvalue weighted by Crippen LogP contribution is 2.41. The number of para-hydroxylation sites is 2. The van der Waals surface area contributed by atoms with E-state index in [4.69, 9.17) is 9.15 Å². The second kappa shape index (κ2) is 3.84. The molecule has 19 heavy (non-hydrogen) atoms. The van der Waals surface area contributed by atoms with Crippen LogP contribution in [0.25, 0.3) is 21.9 Å². The monoisotopic (exact) mass is 252 g/mol. The second-order valence-corrected chi connectivity index (χ2v) is 5.46. The van der Waals surface area contributed by atoms with Gasteiger partial charge in [0.1, 0.15) is 11.2 Å². The Morgan fingerprint density at radius 3 is 2.68 bits per heavy atom. The summed E-state index contributed by atoms with van der Waals surface area (Å²) in [6.07, 6.45) is 2.18. The molecular weight excluding hydrogens is 236 g/mol. The molecule has 0 N–H and O–H groups in total. The highest BCUT2D eigenvalue weighted by Gasteiger charge is 2.34. The first kappa shape index (κ1) is 11.1. The second-order valence-electron chi connectivity index (χ2n) is 5.46. The van der Waals surface area contributed by atoms with Crippen LogP contribution in [0.2, 0.25) is 0 Å². The van der Waals surface area contributed by atoms with E-state index in [0.717, 1.165) is 30.6 Å². The van der Waals surface area contributed by atoms with E-state index in [9.17, 15) is 0 Å². The minimum Gasteiger partial charge on any atom is -0.456 e. The van der Waals surface area contributed by atoms with Crippen LogP contribution in [0.3, 0.4) is 0 Å². The van der Waals surface area contributed by atoms with E-state index in [0.29, 0.717) is 0 Å². The Morgan fingerprint density at radius 1 is 1.00 bits per heavy atom. The van der Waals surface area contributed by atoms with Gasteiger partial charge in [-0.1, -0.05) is 36.4 Å². The molecule has 4 rings (SSSR count). The summed E-state index contributed by atoms with van der Waals surface area (Å²) in [7, 11) is 0. The molecule has 1 fully saturated rings. The standard InChI is InChI=1S/C17H16O2/c1-17(10-5-11-18-17)14-8-4-7-13-12-6-2-3-9-15(12)19-16(13)14/h2-4,6-9H,5,10-11H2,1H3. The molecule has 2 heteroatoms. The third kappa shape index (κ3) is 1.53. The third-order valence-corrected chi connectivity index (χ3v) is 4.19. The van der Waals surface area contributed by atoms with Crippen LogP contribution in [0.5, 0.6) is 0 Å². The minimum atomic E-state index is -0.201. The lowest BCUT2D eigenvalue weighted by molar-refractivity contribution is 0.0174. The van der Waals surface area contributed by atoms with Gasteiger partial charge < -0.3 is 9.15 Å². The Balaban J connectivity index is 2.06. The van der Waals surface area contributed by atoms with E-state index in [-0.39, 0.29) is 5.60 Å². The summed E-state index contributed by atoms with van der Waals surface area (Å²) in [5, 5.41) is 2.37. The van der Waals surface area contributed by atoms with Crippen LogP contribution in [0.15, 0.2) is 46.9 Å². The Hall–Kier alpha value is -1.80. The van der Waals surface area contributed by atoms with Crippen LogP contribution in [-0.2, 0) is 10.3 Å². The molecule has 2 heterocycles. The average molecular weight is 252 g/mol. The highest BCUT2D eigenvalue weighted by atomic mass is 16.5. The Bertz CT molecular complexity index is 748. The molecule has 1 atom stereocenters. The van der Waals surface area contributed by atoms with Crippen LogP contribution in [0.1, 0.15) is 25.3 Å². The summed E-state index contributed by atoms with van der Waals surface area (Å²) in [5.41, 5.74) is 2.91. The van der Waals surface area contributed by atoms with Crippen molar-refractivity contribution in [2.45, 2.75) is 25.4 Å². The first-order valence-corrected chi connectivity index (χ1v) is 6.83. The highest BCUT2D eigenvalue weighted by molar-refractivity contribution is 6.05. The lowest BCUT2D eigenvalue weighted by atomic mass is 9.91. The van der Waals surface area contributed by atoms with Gasteiger partial charge in [0.05, 0.1) is 5.60 Å². The summed E-state index contributed by atoms with van der Waals surface area (Å²) >= 11 is 0. The van der Waals surface area contributed by atoms with Crippen molar-refractivity contribution in [3.05, 3.63) is 48.0 Å². The molecule has 0 aliphatic carbocycles. The maximum absolute atomic E-state index is 6.08. The van der Waals surface area contributed by atoms with Gasteiger partial charge >= 0.3 is 0 Å². The van der Waals surface area contributed by atoms with Gasteiger partial charge in [0.25, 0.3) is 0 Å². The molecule has 1 aromatic heterocycles. The topological polar surface area (TPSA) is 22.4 Å². The third-order valence-electron chi connectivity index (χ3n) is 4.19. The molecule has 96 valence electrons. The van der Waals surface area contributed by atoms with Crippen molar-refractivity contribution in [1.29, 1.82) is 0 Å². The predicted octanol–water partition coefficient (Wildman–Crippen LogP) is 4.61. The van der Waals surface area contributed by atoms with E-state index in [1.54, 1.807) is 0 Å². The first-order valence-electron chi connectivity index (χ1n) is 6.83. The van der Waals surface area contributed by atoms with Gasteiger partial charge in [-0.25, -0.2) is 0 Å². The van der Waals surface area contributed by atoms with Gasteiger partial charge in [-0.2, -0.15) is 0 Å². The summed E-state index contributed by atoms with van der Waals surface area (Å²) in [4.78, 5) is 0. The Labute approximate surface area is 112 Å². The van der Waals surface area contributed by atoms with E-state index < -0.39 is 0 Å². The van der Waals surface area contributed by atoms with Crippen LogP contribution >= 0.6 is 0 Å². The van der Waals surface area contributed by atoms with Gasteiger partial charge in [0.15, 0.2) is 0 Å². The zero-order chi connectivity index (χ0) is 12.9. The van der Waals surface area contributed by atoms with Gasteiger partial charge in [0, 0.05) is 22.9 Å². The Kier molecular flexibility index (Phi) is 2.24. The maximum atomic E-state index is 6.08. The van der Waals surface area contributed by atoms with E-state index in [2.05, 4.69) is 37.3 Å². The zero-order valence-corrected chi connectivity index (χ0v) is 11.0. The quantitative estimate of drug-likeness (QED) is 0.631. The van der Waals surface area contributed by atoms with Crippen LogP contribution in [0, 0.1) is 0 Å². The fourth-order valence-corrected chi connectivity index (χ4v) is 3.16. The molecule has 2 nitrogen and oxygen atoms in total. The molecule has 1 aliphatic rings. The largest absolute Gasteiger partial charge is 0.456 e. The predicted molar refractivity (Wildman–Crippen MR) is 76.3 cm³/mol. The summed E-state index contributed by atoms with van der Waals surface area (Å²) < 4.78 is 12.1. The molecule has 2 aromatic carbocycles. The lowest BCUT2D eigenvalue weighted by Crippen LogP contribution is -2.19. The maximum Gasteiger partial charge on any atom is 0.141 e. The van der Waals surface area contributed by atoms with E-state index in [1.807, 2.05) is 12.1 Å². The molecule has 3 aromatic rings. The number of hydrogen-bond acceptors (Lipinski definition) is 2. The molecule has 0 radical (unpaired) electrons. The lowest BCUT2D eigenvalue weighted by Gasteiger charge is -2.23.